The number of nitrogens with zero attached hydrogens (tertiary/aromatic N) is 2. The second kappa shape index (κ2) is 11.9. The van der Waals surface area contributed by atoms with Gasteiger partial charge in [-0.2, -0.15) is 0 Å². The Labute approximate surface area is 212 Å². The fraction of sp³-hybridized carbons (Fsp3) is 0.310. The van der Waals surface area contributed by atoms with Crippen molar-refractivity contribution in [1.29, 1.82) is 0 Å². The van der Waals surface area contributed by atoms with Crippen molar-refractivity contribution < 1.29 is 9.53 Å². The molecule has 1 N–H and O–H groups in total. The van der Waals surface area contributed by atoms with Gasteiger partial charge < -0.3 is 14.6 Å². The molecule has 182 valence electrons. The number of aromatic nitrogens is 2. The van der Waals surface area contributed by atoms with Crippen LogP contribution in [-0.2, 0) is 17.8 Å². The topological polar surface area (TPSA) is 56.1 Å². The van der Waals surface area contributed by atoms with Crippen LogP contribution >= 0.6 is 11.6 Å². The molecule has 5 nitrogen and oxygen atoms in total. The summed E-state index contributed by atoms with van der Waals surface area (Å²) in [5.74, 6) is 1.76. The van der Waals surface area contributed by atoms with Gasteiger partial charge in [0.15, 0.2) is 0 Å². The average molecular weight is 490 g/mol. The number of carbonyl (C=O) groups excluding carboxylic acids is 1. The molecule has 0 spiro atoms. The summed E-state index contributed by atoms with van der Waals surface area (Å²) < 4.78 is 8.13. The number of rotatable bonds is 11. The minimum atomic E-state index is -0.182. The predicted molar refractivity (Wildman–Crippen MR) is 142 cm³/mol. The number of para-hydroxylation sites is 2. The van der Waals surface area contributed by atoms with Crippen LogP contribution in [-0.4, -0.2) is 22.1 Å². The lowest BCUT2D eigenvalue weighted by molar-refractivity contribution is -0.121. The molecule has 1 amide bonds. The van der Waals surface area contributed by atoms with Crippen LogP contribution in [0.15, 0.2) is 72.8 Å². The number of halogens is 1. The number of hydrogen-bond donors (Lipinski definition) is 1. The fourth-order valence-corrected chi connectivity index (χ4v) is 4.33. The number of nitrogens with one attached hydrogen (secondary N) is 1. The van der Waals surface area contributed by atoms with Crippen LogP contribution in [0.25, 0.3) is 11.0 Å². The average Bonchev–Trinajstić information content (AvgIpc) is 3.24. The summed E-state index contributed by atoms with van der Waals surface area (Å²) in [5, 5.41) is 3.89. The van der Waals surface area contributed by atoms with Crippen molar-refractivity contribution in [2.45, 2.75) is 52.1 Å². The lowest BCUT2D eigenvalue weighted by Gasteiger charge is -2.17. The Morgan fingerprint density at radius 1 is 1.06 bits per heavy atom. The molecule has 0 aliphatic heterocycles. The number of fused-ring (bicyclic) bond motifs is 1. The third-order valence-corrected chi connectivity index (χ3v) is 6.53. The maximum atomic E-state index is 12.6. The molecule has 0 saturated heterocycles. The van der Waals surface area contributed by atoms with Crippen LogP contribution < -0.4 is 10.1 Å². The first-order chi connectivity index (χ1) is 17.0. The third kappa shape index (κ3) is 6.64. The number of carbonyl (C=O) groups is 1. The molecule has 0 saturated carbocycles. The lowest BCUT2D eigenvalue weighted by atomic mass is 10.1. The standard InChI is InChI=1S/C29H32ClN3O2/c1-21-20-24(15-16-25(21)30)35-19-9-8-18-33-27-13-7-6-12-26(27)32-29(33)22(2)31-28(34)17-14-23-10-4-3-5-11-23/h3-7,10-13,15-16,20,22H,8-9,14,17-19H2,1-2H3,(H,31,34). The number of hydrogen-bond acceptors (Lipinski definition) is 3. The van der Waals surface area contributed by atoms with Crippen LogP contribution in [0.5, 0.6) is 5.75 Å². The van der Waals surface area contributed by atoms with Crippen LogP contribution in [0.3, 0.4) is 0 Å². The summed E-state index contributed by atoms with van der Waals surface area (Å²) in [6.07, 6.45) is 3.03. The number of imidazole rings is 1. The van der Waals surface area contributed by atoms with Gasteiger partial charge in [0, 0.05) is 18.0 Å². The first-order valence-corrected chi connectivity index (χ1v) is 12.6. The Balaban J connectivity index is 1.35. The van der Waals surface area contributed by atoms with Gasteiger partial charge in [-0.3, -0.25) is 4.79 Å². The molecule has 35 heavy (non-hydrogen) atoms. The van der Waals surface area contributed by atoms with Crippen molar-refractivity contribution in [3.8, 4) is 5.75 Å². The van der Waals surface area contributed by atoms with E-state index in [1.54, 1.807) is 0 Å². The highest BCUT2D eigenvalue weighted by Gasteiger charge is 2.18. The molecule has 0 radical (unpaired) electrons. The number of aryl methyl sites for hydroxylation is 3. The smallest absolute Gasteiger partial charge is 0.220 e. The molecule has 1 unspecified atom stereocenters. The summed E-state index contributed by atoms with van der Waals surface area (Å²) in [6.45, 7) is 5.42. The van der Waals surface area contributed by atoms with E-state index >= 15 is 0 Å². The van der Waals surface area contributed by atoms with Gasteiger partial charge >= 0.3 is 0 Å². The molecule has 6 heteroatoms. The van der Waals surface area contributed by atoms with Crippen LogP contribution in [0.1, 0.15) is 49.2 Å². The van der Waals surface area contributed by atoms with E-state index in [9.17, 15) is 4.79 Å². The summed E-state index contributed by atoms with van der Waals surface area (Å²) in [6, 6.07) is 23.8. The van der Waals surface area contributed by atoms with Crippen molar-refractivity contribution in [2.75, 3.05) is 6.61 Å². The van der Waals surface area contributed by atoms with Gasteiger partial charge in [0.2, 0.25) is 5.91 Å². The van der Waals surface area contributed by atoms with Gasteiger partial charge in [-0.25, -0.2) is 4.98 Å². The fourth-order valence-electron chi connectivity index (χ4n) is 4.21. The quantitative estimate of drug-likeness (QED) is 0.239. The maximum absolute atomic E-state index is 12.6. The van der Waals surface area contributed by atoms with Gasteiger partial charge in [0.25, 0.3) is 0 Å². The summed E-state index contributed by atoms with van der Waals surface area (Å²) in [7, 11) is 0. The van der Waals surface area contributed by atoms with E-state index in [2.05, 4.69) is 16.0 Å². The van der Waals surface area contributed by atoms with E-state index < -0.39 is 0 Å². The van der Waals surface area contributed by atoms with Crippen molar-refractivity contribution in [3.63, 3.8) is 0 Å². The molecule has 0 fully saturated rings. The predicted octanol–water partition coefficient (Wildman–Crippen LogP) is 6.67. The lowest BCUT2D eigenvalue weighted by Crippen LogP contribution is -2.29. The summed E-state index contributed by atoms with van der Waals surface area (Å²) >= 11 is 6.10. The van der Waals surface area contributed by atoms with E-state index in [4.69, 9.17) is 21.3 Å². The van der Waals surface area contributed by atoms with Crippen LogP contribution in [0.4, 0.5) is 0 Å². The van der Waals surface area contributed by atoms with Crippen molar-refractivity contribution >= 4 is 28.5 Å². The van der Waals surface area contributed by atoms with Gasteiger partial charge in [0.1, 0.15) is 11.6 Å². The molecule has 0 bridgehead atoms. The van der Waals surface area contributed by atoms with Crippen molar-refractivity contribution in [1.82, 2.24) is 14.9 Å². The second-order valence-corrected chi connectivity index (χ2v) is 9.26. The molecule has 3 aromatic carbocycles. The zero-order valence-electron chi connectivity index (χ0n) is 20.3. The third-order valence-electron chi connectivity index (χ3n) is 6.11. The van der Waals surface area contributed by atoms with E-state index in [0.29, 0.717) is 13.0 Å². The highest BCUT2D eigenvalue weighted by molar-refractivity contribution is 6.31. The maximum Gasteiger partial charge on any atom is 0.220 e. The van der Waals surface area contributed by atoms with E-state index in [1.165, 1.54) is 5.56 Å². The SMILES string of the molecule is Cc1cc(OCCCCn2c(C(C)NC(=O)CCc3ccccc3)nc3ccccc32)ccc1Cl. The molecule has 1 aromatic heterocycles. The Morgan fingerprint density at radius 3 is 2.63 bits per heavy atom. The first kappa shape index (κ1) is 24.8. The van der Waals surface area contributed by atoms with Crippen LogP contribution in [0.2, 0.25) is 5.02 Å². The van der Waals surface area contributed by atoms with Crippen LogP contribution in [0, 0.1) is 6.92 Å². The molecule has 0 aliphatic rings. The van der Waals surface area contributed by atoms with Crippen molar-refractivity contribution in [2.24, 2.45) is 0 Å². The summed E-state index contributed by atoms with van der Waals surface area (Å²) in [4.78, 5) is 17.5. The molecular formula is C29H32ClN3O2. The second-order valence-electron chi connectivity index (χ2n) is 8.85. The monoisotopic (exact) mass is 489 g/mol. The zero-order valence-corrected chi connectivity index (χ0v) is 21.1. The molecule has 0 aliphatic carbocycles. The molecular weight excluding hydrogens is 458 g/mol. The Morgan fingerprint density at radius 2 is 1.83 bits per heavy atom. The normalized spacial score (nSPS) is 12.0. The number of unbranched alkanes of at least 4 members (excludes halogenated alkanes) is 1. The van der Waals surface area contributed by atoms with Gasteiger partial charge in [-0.15, -0.1) is 0 Å². The zero-order chi connectivity index (χ0) is 24.6. The Bertz CT molecular complexity index is 1270. The molecule has 4 rings (SSSR count). The Hall–Kier alpha value is -3.31. The molecule has 4 aromatic rings. The highest BCUT2D eigenvalue weighted by atomic mass is 35.5. The van der Waals surface area contributed by atoms with E-state index in [0.717, 1.165) is 59.0 Å². The Kier molecular flexibility index (Phi) is 8.43. The van der Waals surface area contributed by atoms with Crippen molar-refractivity contribution in [3.05, 3.63) is 94.8 Å². The number of ether oxygens (including phenoxy) is 1. The van der Waals surface area contributed by atoms with Gasteiger partial charge in [0.05, 0.1) is 23.7 Å². The minimum absolute atomic E-state index is 0.0339. The van der Waals surface area contributed by atoms with Gasteiger partial charge in [-0.1, -0.05) is 54.1 Å². The molecule has 1 atom stereocenters. The van der Waals surface area contributed by atoms with Gasteiger partial charge in [-0.05, 0) is 74.6 Å². The largest absolute Gasteiger partial charge is 0.494 e. The summed E-state index contributed by atoms with van der Waals surface area (Å²) in [5.41, 5.74) is 4.21. The number of amides is 1. The number of benzene rings is 3. The molecule has 1 heterocycles. The van der Waals surface area contributed by atoms with E-state index in [1.807, 2.05) is 80.6 Å². The first-order valence-electron chi connectivity index (χ1n) is 12.2. The van der Waals surface area contributed by atoms with E-state index in [-0.39, 0.29) is 11.9 Å². The highest BCUT2D eigenvalue weighted by Crippen LogP contribution is 2.23. The minimum Gasteiger partial charge on any atom is -0.494 e.